The molecule has 0 fully saturated rings. The van der Waals surface area contributed by atoms with E-state index < -0.39 is 6.04 Å². The number of ether oxygens (including phenoxy) is 1. The number of methoxy groups -OCH3 is 1. The summed E-state index contributed by atoms with van der Waals surface area (Å²) in [4.78, 5) is 31.9. The zero-order chi connectivity index (χ0) is 26.4. The van der Waals surface area contributed by atoms with E-state index in [1.54, 1.807) is 11.7 Å². The lowest BCUT2D eigenvalue weighted by Gasteiger charge is -2.25. The lowest BCUT2D eigenvalue weighted by Crippen LogP contribution is -2.39. The van der Waals surface area contributed by atoms with Crippen LogP contribution in [0.2, 0.25) is 5.02 Å². The molecule has 8 heteroatoms. The number of ketones is 1. The predicted molar refractivity (Wildman–Crippen MR) is 148 cm³/mol. The van der Waals surface area contributed by atoms with E-state index >= 15 is 0 Å². The summed E-state index contributed by atoms with van der Waals surface area (Å²) in [5.41, 5.74) is 5.64. The fourth-order valence-corrected chi connectivity index (χ4v) is 6.18. The number of para-hydroxylation sites is 1. The maximum Gasteiger partial charge on any atom is 0.271 e. The molecule has 37 heavy (non-hydrogen) atoms. The highest BCUT2D eigenvalue weighted by molar-refractivity contribution is 7.07. The highest BCUT2D eigenvalue weighted by Gasteiger charge is 2.32. The largest absolute Gasteiger partial charge is 0.496 e. The minimum Gasteiger partial charge on any atom is -0.496 e. The van der Waals surface area contributed by atoms with Crippen molar-refractivity contribution in [2.45, 2.75) is 33.7 Å². The van der Waals surface area contributed by atoms with E-state index in [0.29, 0.717) is 31.4 Å². The number of hydrogen-bond acceptors (Lipinski definition) is 5. The van der Waals surface area contributed by atoms with E-state index in [0.717, 1.165) is 28.2 Å². The first-order valence-electron chi connectivity index (χ1n) is 11.8. The van der Waals surface area contributed by atoms with Gasteiger partial charge in [0.1, 0.15) is 5.75 Å². The van der Waals surface area contributed by atoms with Gasteiger partial charge in [-0.3, -0.25) is 14.2 Å². The standard InChI is InChI=1S/C29H26ClN3O3S/c1-16-14-20(18(3)32(16)22-12-10-21(30)11-13-22)15-25-28(35)33-27(23-8-6-7-9-24(23)36-5)26(19(4)34)17(2)31-29(33)37-25/h6-15,27H,1-5H3/b25-15+/t27-/m0/s1. The average Bonchev–Trinajstić information content (AvgIpc) is 3.33. The van der Waals surface area contributed by atoms with Crippen molar-refractivity contribution in [3.05, 3.63) is 113 Å². The van der Waals surface area contributed by atoms with Crippen LogP contribution in [0.1, 0.15) is 42.4 Å². The highest BCUT2D eigenvalue weighted by Crippen LogP contribution is 2.35. The van der Waals surface area contributed by atoms with Gasteiger partial charge in [0, 0.05) is 38.9 Å². The lowest BCUT2D eigenvalue weighted by molar-refractivity contribution is -0.114. The number of Topliss-reactive ketones (excluding diaryl/α,β-unsaturated/α-hetero) is 1. The summed E-state index contributed by atoms with van der Waals surface area (Å²) in [6.07, 6.45) is 1.91. The van der Waals surface area contributed by atoms with Crippen molar-refractivity contribution in [2.24, 2.45) is 4.99 Å². The van der Waals surface area contributed by atoms with Crippen molar-refractivity contribution in [3.63, 3.8) is 0 Å². The van der Waals surface area contributed by atoms with Gasteiger partial charge in [0.05, 0.1) is 17.7 Å². The van der Waals surface area contributed by atoms with Crippen molar-refractivity contribution in [2.75, 3.05) is 7.11 Å². The Morgan fingerprint density at radius 1 is 1.11 bits per heavy atom. The molecule has 2 aromatic carbocycles. The van der Waals surface area contributed by atoms with Crippen LogP contribution in [0.15, 0.2) is 75.7 Å². The molecule has 0 spiro atoms. The molecule has 0 saturated carbocycles. The first-order valence-corrected chi connectivity index (χ1v) is 13.0. The van der Waals surface area contributed by atoms with Crippen LogP contribution in [0, 0.1) is 13.8 Å². The number of rotatable bonds is 5. The van der Waals surface area contributed by atoms with Crippen molar-refractivity contribution in [1.29, 1.82) is 0 Å². The monoisotopic (exact) mass is 531 g/mol. The van der Waals surface area contributed by atoms with Gasteiger partial charge >= 0.3 is 0 Å². The van der Waals surface area contributed by atoms with Gasteiger partial charge in [0.25, 0.3) is 5.56 Å². The zero-order valence-electron chi connectivity index (χ0n) is 21.2. The van der Waals surface area contributed by atoms with Crippen LogP contribution in [-0.2, 0) is 4.79 Å². The Labute approximate surface area is 223 Å². The third-order valence-corrected chi connectivity index (χ3v) is 7.91. The predicted octanol–water partition coefficient (Wildman–Crippen LogP) is 4.89. The first-order chi connectivity index (χ1) is 17.7. The molecule has 0 saturated heterocycles. The first kappa shape index (κ1) is 25.0. The van der Waals surface area contributed by atoms with E-state index in [4.69, 9.17) is 16.3 Å². The smallest absolute Gasteiger partial charge is 0.271 e. The number of nitrogens with zero attached hydrogens (tertiary/aromatic N) is 3. The number of aromatic nitrogens is 2. The molecule has 1 atom stereocenters. The second kappa shape index (κ2) is 9.65. The Balaban J connectivity index is 1.72. The van der Waals surface area contributed by atoms with Crippen molar-refractivity contribution >= 4 is 34.8 Å². The summed E-state index contributed by atoms with van der Waals surface area (Å²) < 4.78 is 9.91. The molecule has 0 radical (unpaired) electrons. The quantitative estimate of drug-likeness (QED) is 0.368. The maximum atomic E-state index is 13.9. The molecule has 0 bridgehead atoms. The molecule has 4 aromatic rings. The van der Waals surface area contributed by atoms with Gasteiger partial charge in [0.15, 0.2) is 10.6 Å². The molecule has 6 nitrogen and oxygen atoms in total. The van der Waals surface area contributed by atoms with Gasteiger partial charge in [-0.1, -0.05) is 41.1 Å². The second-order valence-electron chi connectivity index (χ2n) is 9.02. The molecular formula is C29H26ClN3O3S. The number of carbonyl (C=O) groups excluding carboxylic acids is 1. The molecule has 1 aliphatic heterocycles. The summed E-state index contributed by atoms with van der Waals surface area (Å²) in [7, 11) is 1.59. The summed E-state index contributed by atoms with van der Waals surface area (Å²) in [5.74, 6) is 0.486. The Bertz CT molecular complexity index is 1760. The minimum atomic E-state index is -0.617. The molecule has 2 aromatic heterocycles. The molecule has 188 valence electrons. The number of carbonyl (C=O) groups is 1. The van der Waals surface area contributed by atoms with Gasteiger partial charge in [-0.05, 0) is 75.7 Å². The number of thiazole rings is 1. The van der Waals surface area contributed by atoms with Crippen LogP contribution in [0.3, 0.4) is 0 Å². The molecular weight excluding hydrogens is 506 g/mol. The Kier molecular flexibility index (Phi) is 6.52. The van der Waals surface area contributed by atoms with Crippen LogP contribution >= 0.6 is 22.9 Å². The number of hydrogen-bond donors (Lipinski definition) is 0. The van der Waals surface area contributed by atoms with Gasteiger partial charge in [-0.25, -0.2) is 4.99 Å². The van der Waals surface area contributed by atoms with Crippen LogP contribution in [0.5, 0.6) is 5.75 Å². The fraction of sp³-hybridized carbons (Fsp3) is 0.207. The molecule has 1 aliphatic rings. The molecule has 0 N–H and O–H groups in total. The average molecular weight is 532 g/mol. The van der Waals surface area contributed by atoms with Gasteiger partial charge in [-0.2, -0.15) is 0 Å². The van der Waals surface area contributed by atoms with E-state index in [1.807, 2.05) is 75.4 Å². The van der Waals surface area contributed by atoms with Gasteiger partial charge in [0.2, 0.25) is 0 Å². The number of allylic oxidation sites excluding steroid dienone is 2. The topological polar surface area (TPSA) is 65.6 Å². The van der Waals surface area contributed by atoms with Gasteiger partial charge < -0.3 is 9.30 Å². The Hall–Kier alpha value is -3.68. The van der Waals surface area contributed by atoms with E-state index in [1.165, 1.54) is 18.3 Å². The van der Waals surface area contributed by atoms with Crippen LogP contribution in [-0.4, -0.2) is 22.0 Å². The summed E-state index contributed by atoms with van der Waals surface area (Å²) in [6, 6.07) is 16.6. The number of benzene rings is 2. The number of aryl methyl sites for hydroxylation is 1. The maximum absolute atomic E-state index is 13.9. The van der Waals surface area contributed by atoms with E-state index in [2.05, 4.69) is 15.6 Å². The number of halogens is 1. The van der Waals surface area contributed by atoms with Crippen LogP contribution in [0.25, 0.3) is 11.8 Å². The molecule has 0 aliphatic carbocycles. The zero-order valence-corrected chi connectivity index (χ0v) is 22.8. The lowest BCUT2D eigenvalue weighted by atomic mass is 9.93. The number of fused-ring (bicyclic) bond motifs is 1. The molecule has 5 rings (SSSR count). The third kappa shape index (κ3) is 4.28. The third-order valence-electron chi connectivity index (χ3n) is 6.68. The van der Waals surface area contributed by atoms with E-state index in [9.17, 15) is 9.59 Å². The normalized spacial score (nSPS) is 15.5. The molecule has 0 unspecified atom stereocenters. The summed E-state index contributed by atoms with van der Waals surface area (Å²) >= 11 is 7.40. The molecule has 3 heterocycles. The van der Waals surface area contributed by atoms with Crippen LogP contribution < -0.4 is 19.6 Å². The summed E-state index contributed by atoms with van der Waals surface area (Å²) in [5, 5.41) is 0.678. The highest BCUT2D eigenvalue weighted by atomic mass is 35.5. The van der Waals surface area contributed by atoms with Crippen molar-refractivity contribution in [3.8, 4) is 11.4 Å². The summed E-state index contributed by atoms with van der Waals surface area (Å²) in [6.45, 7) is 7.39. The van der Waals surface area contributed by atoms with Crippen molar-refractivity contribution < 1.29 is 9.53 Å². The van der Waals surface area contributed by atoms with Crippen LogP contribution in [0.4, 0.5) is 0 Å². The SMILES string of the molecule is COc1ccccc1[C@H]1C(C(C)=O)=C(C)N=c2s/c(=C/c3cc(C)n(-c4ccc(Cl)cc4)c3C)c(=O)n21. The van der Waals surface area contributed by atoms with Crippen molar-refractivity contribution in [1.82, 2.24) is 9.13 Å². The van der Waals surface area contributed by atoms with E-state index in [-0.39, 0.29) is 11.3 Å². The Morgan fingerprint density at radius 2 is 1.81 bits per heavy atom. The Morgan fingerprint density at radius 3 is 2.49 bits per heavy atom. The van der Waals surface area contributed by atoms with Gasteiger partial charge in [-0.15, -0.1) is 0 Å². The minimum absolute atomic E-state index is 0.127. The second-order valence-corrected chi connectivity index (χ2v) is 10.5. The fourth-order valence-electron chi connectivity index (χ4n) is 5.02. The molecule has 0 amide bonds.